The largest absolute Gasteiger partial charge is 0.404 e. The number of hydrogen-bond acceptors (Lipinski definition) is 5. The van der Waals surface area contributed by atoms with Crippen LogP contribution < -0.4 is 15.7 Å². The molecule has 0 saturated heterocycles. The van der Waals surface area contributed by atoms with Gasteiger partial charge in [-0.05, 0) is 16.7 Å². The van der Waals surface area contributed by atoms with Crippen molar-refractivity contribution >= 4 is 16.7 Å². The van der Waals surface area contributed by atoms with E-state index < -0.39 is 0 Å². The first-order valence-corrected chi connectivity index (χ1v) is 10.7. The number of hydrogen-bond donors (Lipinski definition) is 1. The molecule has 2 aromatic heterocycles. The molecule has 0 aliphatic carbocycles. The topological polar surface area (TPSA) is 69.0 Å². The van der Waals surface area contributed by atoms with Crippen LogP contribution in [-0.2, 0) is 13.2 Å². The first-order valence-electron chi connectivity index (χ1n) is 10.7. The van der Waals surface area contributed by atoms with Gasteiger partial charge in [0.05, 0.1) is 16.6 Å². The van der Waals surface area contributed by atoms with E-state index in [1.54, 1.807) is 6.20 Å². The number of rotatable bonds is 7. The Morgan fingerprint density at radius 2 is 1.45 bits per heavy atom. The summed E-state index contributed by atoms with van der Waals surface area (Å²) in [7, 11) is 0. The zero-order valence-corrected chi connectivity index (χ0v) is 17.9. The molecule has 0 aliphatic heterocycles. The Balaban J connectivity index is 1.65. The summed E-state index contributed by atoms with van der Waals surface area (Å²) in [6.07, 6.45) is 3.14. The SMILES string of the molecule is O=c1c(-c2ccccc2)c(NCc2ccccc2)c2cncnc2n1OCc1ccccc1. The molecule has 6 nitrogen and oxygen atoms in total. The molecule has 1 N–H and O–H groups in total. The standard InChI is InChI=1S/C27H22N4O2/c32-27-24(22-14-8-3-9-15-22)25(29-16-20-10-4-1-5-11-20)23-17-28-19-30-26(23)31(27)33-18-21-12-6-2-7-13-21/h1-15,17,19,29H,16,18H2. The van der Waals surface area contributed by atoms with Gasteiger partial charge in [-0.15, -0.1) is 4.73 Å². The fourth-order valence-corrected chi connectivity index (χ4v) is 3.78. The second kappa shape index (κ2) is 9.36. The molecule has 162 valence electrons. The van der Waals surface area contributed by atoms with Crippen LogP contribution in [0.1, 0.15) is 11.1 Å². The van der Waals surface area contributed by atoms with Gasteiger partial charge in [0.15, 0.2) is 5.65 Å². The minimum Gasteiger partial charge on any atom is -0.404 e. The highest BCUT2D eigenvalue weighted by Crippen LogP contribution is 2.31. The number of fused-ring (bicyclic) bond motifs is 1. The van der Waals surface area contributed by atoms with Crippen LogP contribution in [0, 0.1) is 0 Å². The predicted molar refractivity (Wildman–Crippen MR) is 130 cm³/mol. The minimum absolute atomic E-state index is 0.241. The third kappa shape index (κ3) is 4.32. The quantitative estimate of drug-likeness (QED) is 0.402. The van der Waals surface area contributed by atoms with E-state index in [4.69, 9.17) is 4.84 Å². The summed E-state index contributed by atoms with van der Waals surface area (Å²) in [5.41, 5.74) is 4.19. The summed E-state index contributed by atoms with van der Waals surface area (Å²) < 4.78 is 1.28. The summed E-state index contributed by atoms with van der Waals surface area (Å²) in [6.45, 7) is 0.795. The number of nitrogens with zero attached hydrogens (tertiary/aromatic N) is 3. The van der Waals surface area contributed by atoms with E-state index in [1.165, 1.54) is 11.1 Å². The maximum Gasteiger partial charge on any atom is 0.295 e. The summed E-state index contributed by atoms with van der Waals surface area (Å²) in [6, 6.07) is 29.4. The van der Waals surface area contributed by atoms with Crippen LogP contribution in [0.5, 0.6) is 0 Å². The predicted octanol–water partition coefficient (Wildman–Crippen LogP) is 4.70. The number of aromatic nitrogens is 3. The first-order chi connectivity index (χ1) is 16.3. The Kier molecular flexibility index (Phi) is 5.80. The number of pyridine rings is 1. The fraction of sp³-hybridized carbons (Fsp3) is 0.0741. The van der Waals surface area contributed by atoms with Gasteiger partial charge in [-0.2, -0.15) is 0 Å². The molecular weight excluding hydrogens is 412 g/mol. The van der Waals surface area contributed by atoms with Gasteiger partial charge in [-0.1, -0.05) is 91.0 Å². The molecule has 3 aromatic carbocycles. The minimum atomic E-state index is -0.279. The van der Waals surface area contributed by atoms with Crippen LogP contribution in [0.2, 0.25) is 0 Å². The molecule has 6 heteroatoms. The van der Waals surface area contributed by atoms with E-state index in [0.29, 0.717) is 28.8 Å². The molecular formula is C27H22N4O2. The maximum atomic E-state index is 13.8. The van der Waals surface area contributed by atoms with Crippen molar-refractivity contribution in [2.24, 2.45) is 0 Å². The lowest BCUT2D eigenvalue weighted by Gasteiger charge is -2.18. The van der Waals surface area contributed by atoms with Crippen LogP contribution >= 0.6 is 0 Å². The first kappa shape index (κ1) is 20.5. The lowest BCUT2D eigenvalue weighted by atomic mass is 10.0. The highest BCUT2D eigenvalue weighted by atomic mass is 16.7. The third-order valence-electron chi connectivity index (χ3n) is 5.38. The van der Waals surface area contributed by atoms with Gasteiger partial charge in [-0.3, -0.25) is 4.79 Å². The van der Waals surface area contributed by atoms with Crippen molar-refractivity contribution in [3.63, 3.8) is 0 Å². The van der Waals surface area contributed by atoms with Crippen molar-refractivity contribution in [1.82, 2.24) is 14.7 Å². The number of anilines is 1. The molecule has 2 heterocycles. The zero-order chi connectivity index (χ0) is 22.5. The molecule has 5 rings (SSSR count). The van der Waals surface area contributed by atoms with Crippen LogP contribution in [0.25, 0.3) is 22.2 Å². The lowest BCUT2D eigenvalue weighted by Crippen LogP contribution is -2.30. The highest BCUT2D eigenvalue weighted by molar-refractivity contribution is 5.97. The highest BCUT2D eigenvalue weighted by Gasteiger charge is 2.20. The Labute approximate surface area is 191 Å². The van der Waals surface area contributed by atoms with E-state index in [0.717, 1.165) is 16.7 Å². The summed E-state index contributed by atoms with van der Waals surface area (Å²) in [5, 5.41) is 4.17. The second-order valence-electron chi connectivity index (χ2n) is 7.57. The average molecular weight is 434 g/mol. The van der Waals surface area contributed by atoms with E-state index in [2.05, 4.69) is 15.3 Å². The molecule has 0 saturated carbocycles. The zero-order valence-electron chi connectivity index (χ0n) is 17.9. The number of nitrogens with one attached hydrogen (secondary N) is 1. The van der Waals surface area contributed by atoms with Crippen molar-refractivity contribution < 1.29 is 4.84 Å². The second-order valence-corrected chi connectivity index (χ2v) is 7.57. The Hall–Kier alpha value is -4.45. The van der Waals surface area contributed by atoms with Crippen molar-refractivity contribution in [2.45, 2.75) is 13.2 Å². The molecule has 0 unspecified atom stereocenters. The van der Waals surface area contributed by atoms with E-state index >= 15 is 0 Å². The van der Waals surface area contributed by atoms with Crippen molar-refractivity contribution in [2.75, 3.05) is 5.32 Å². The summed E-state index contributed by atoms with van der Waals surface area (Å²) >= 11 is 0. The maximum absolute atomic E-state index is 13.8. The van der Waals surface area contributed by atoms with Crippen LogP contribution in [0.3, 0.4) is 0 Å². The average Bonchev–Trinajstić information content (AvgIpc) is 2.88. The Morgan fingerprint density at radius 3 is 2.15 bits per heavy atom. The monoisotopic (exact) mass is 434 g/mol. The van der Waals surface area contributed by atoms with Gasteiger partial charge in [-0.25, -0.2) is 9.97 Å². The van der Waals surface area contributed by atoms with Crippen molar-refractivity contribution in [3.8, 4) is 11.1 Å². The van der Waals surface area contributed by atoms with Crippen LogP contribution in [0.15, 0.2) is 108 Å². The normalized spacial score (nSPS) is 10.8. The van der Waals surface area contributed by atoms with E-state index in [1.807, 2.05) is 91.0 Å². The molecule has 0 radical (unpaired) electrons. The van der Waals surface area contributed by atoms with Crippen molar-refractivity contribution in [1.29, 1.82) is 0 Å². The fourth-order valence-electron chi connectivity index (χ4n) is 3.78. The van der Waals surface area contributed by atoms with Gasteiger partial charge in [0.25, 0.3) is 5.56 Å². The molecule has 0 fully saturated rings. The molecule has 33 heavy (non-hydrogen) atoms. The van der Waals surface area contributed by atoms with E-state index in [-0.39, 0.29) is 12.2 Å². The van der Waals surface area contributed by atoms with Gasteiger partial charge >= 0.3 is 0 Å². The Morgan fingerprint density at radius 1 is 0.818 bits per heavy atom. The molecule has 0 spiro atoms. The van der Waals surface area contributed by atoms with Crippen LogP contribution in [-0.4, -0.2) is 14.7 Å². The third-order valence-corrected chi connectivity index (χ3v) is 5.38. The summed E-state index contributed by atoms with van der Waals surface area (Å²) in [4.78, 5) is 28.4. The smallest absolute Gasteiger partial charge is 0.295 e. The summed E-state index contributed by atoms with van der Waals surface area (Å²) in [5.74, 6) is 0. The van der Waals surface area contributed by atoms with Gasteiger partial charge < -0.3 is 10.2 Å². The molecule has 5 aromatic rings. The number of benzene rings is 3. The lowest BCUT2D eigenvalue weighted by molar-refractivity contribution is 0.0983. The molecule has 0 amide bonds. The molecule has 0 bridgehead atoms. The van der Waals surface area contributed by atoms with Gasteiger partial charge in [0.1, 0.15) is 12.9 Å². The van der Waals surface area contributed by atoms with Gasteiger partial charge in [0.2, 0.25) is 0 Å². The van der Waals surface area contributed by atoms with Crippen LogP contribution in [0.4, 0.5) is 5.69 Å². The van der Waals surface area contributed by atoms with E-state index in [9.17, 15) is 4.79 Å². The molecule has 0 atom stereocenters. The molecule has 0 aliphatic rings. The Bertz CT molecular complexity index is 1420. The van der Waals surface area contributed by atoms with Crippen molar-refractivity contribution in [3.05, 3.63) is 125 Å². The van der Waals surface area contributed by atoms with Gasteiger partial charge in [0, 0.05) is 12.7 Å².